The standard InChI is InChI=1S/C21H26N4O2S/c1-16-6-5-7-17(2)21(16)23-18(26)14-24-10-12-25(13-11-24)20(27)15-28-19-8-3-4-9-22-19/h3-9H,10-15H2,1-2H3,(H,23,26). The van der Waals surface area contributed by atoms with Crippen molar-refractivity contribution in [3.8, 4) is 0 Å². The van der Waals surface area contributed by atoms with Crippen molar-refractivity contribution in [3.05, 3.63) is 53.7 Å². The fourth-order valence-corrected chi connectivity index (χ4v) is 3.97. The first-order valence-electron chi connectivity index (χ1n) is 9.43. The molecule has 1 aromatic heterocycles. The zero-order valence-corrected chi connectivity index (χ0v) is 17.2. The van der Waals surface area contributed by atoms with Crippen LogP contribution in [-0.2, 0) is 9.59 Å². The van der Waals surface area contributed by atoms with Crippen LogP contribution < -0.4 is 5.32 Å². The fraction of sp³-hybridized carbons (Fsp3) is 0.381. The topological polar surface area (TPSA) is 65.5 Å². The van der Waals surface area contributed by atoms with Gasteiger partial charge in [-0.3, -0.25) is 14.5 Å². The number of carbonyl (C=O) groups is 2. The van der Waals surface area contributed by atoms with Crippen LogP contribution in [0.15, 0.2) is 47.6 Å². The number of aromatic nitrogens is 1. The van der Waals surface area contributed by atoms with Gasteiger partial charge >= 0.3 is 0 Å². The lowest BCUT2D eigenvalue weighted by Gasteiger charge is -2.34. The molecule has 0 aliphatic carbocycles. The van der Waals surface area contributed by atoms with Gasteiger partial charge in [0.15, 0.2) is 0 Å². The molecular weight excluding hydrogens is 372 g/mol. The Morgan fingerprint density at radius 3 is 2.39 bits per heavy atom. The minimum absolute atomic E-state index is 0.0112. The molecule has 1 fully saturated rings. The van der Waals surface area contributed by atoms with Crippen LogP contribution >= 0.6 is 11.8 Å². The van der Waals surface area contributed by atoms with E-state index < -0.39 is 0 Å². The number of benzene rings is 1. The maximum absolute atomic E-state index is 12.4. The second-order valence-electron chi connectivity index (χ2n) is 6.93. The third-order valence-corrected chi connectivity index (χ3v) is 5.75. The summed E-state index contributed by atoms with van der Waals surface area (Å²) in [4.78, 5) is 33.0. The Morgan fingerprint density at radius 2 is 1.75 bits per heavy atom. The second-order valence-corrected chi connectivity index (χ2v) is 7.92. The van der Waals surface area contributed by atoms with Crippen LogP contribution in [0.5, 0.6) is 0 Å². The number of hydrogen-bond acceptors (Lipinski definition) is 5. The van der Waals surface area contributed by atoms with Gasteiger partial charge < -0.3 is 10.2 Å². The Morgan fingerprint density at radius 1 is 1.04 bits per heavy atom. The van der Waals surface area contributed by atoms with Gasteiger partial charge in [-0.05, 0) is 37.1 Å². The Bertz CT molecular complexity index is 800. The van der Waals surface area contributed by atoms with Gasteiger partial charge in [0.05, 0.1) is 17.3 Å². The summed E-state index contributed by atoms with van der Waals surface area (Å²) in [6.45, 7) is 7.06. The molecule has 0 unspecified atom stereocenters. The van der Waals surface area contributed by atoms with Crippen LogP contribution in [0.1, 0.15) is 11.1 Å². The predicted octanol–water partition coefficient (Wildman–Crippen LogP) is 2.57. The molecule has 0 spiro atoms. The maximum Gasteiger partial charge on any atom is 0.238 e. The number of hydrogen-bond donors (Lipinski definition) is 1. The lowest BCUT2D eigenvalue weighted by atomic mass is 10.1. The van der Waals surface area contributed by atoms with Crippen molar-refractivity contribution in [2.45, 2.75) is 18.9 Å². The van der Waals surface area contributed by atoms with Crippen molar-refractivity contribution in [1.82, 2.24) is 14.8 Å². The molecule has 0 radical (unpaired) electrons. The highest BCUT2D eigenvalue weighted by Gasteiger charge is 2.22. The third kappa shape index (κ3) is 5.56. The molecule has 1 saturated heterocycles. The SMILES string of the molecule is Cc1cccc(C)c1NC(=O)CN1CCN(C(=O)CSc2ccccn2)CC1. The Kier molecular flexibility index (Phi) is 7.06. The number of para-hydroxylation sites is 1. The molecule has 2 amide bonds. The number of carbonyl (C=O) groups excluding carboxylic acids is 2. The van der Waals surface area contributed by atoms with Gasteiger partial charge in [-0.1, -0.05) is 36.0 Å². The number of thioether (sulfide) groups is 1. The summed E-state index contributed by atoms with van der Waals surface area (Å²) in [5.41, 5.74) is 3.02. The molecule has 28 heavy (non-hydrogen) atoms. The molecule has 3 rings (SSSR count). The predicted molar refractivity (Wildman–Crippen MR) is 113 cm³/mol. The van der Waals surface area contributed by atoms with Gasteiger partial charge in [-0.2, -0.15) is 0 Å². The van der Waals surface area contributed by atoms with E-state index in [2.05, 4.69) is 15.2 Å². The van der Waals surface area contributed by atoms with Crippen molar-refractivity contribution in [2.24, 2.45) is 0 Å². The number of anilines is 1. The van der Waals surface area contributed by atoms with Crippen LogP contribution in [0, 0.1) is 13.8 Å². The summed E-state index contributed by atoms with van der Waals surface area (Å²) in [6, 6.07) is 11.7. The van der Waals surface area contributed by atoms with Crippen molar-refractivity contribution in [2.75, 3.05) is 43.8 Å². The van der Waals surface area contributed by atoms with Crippen molar-refractivity contribution >= 4 is 29.3 Å². The maximum atomic E-state index is 12.4. The first-order chi connectivity index (χ1) is 13.5. The summed E-state index contributed by atoms with van der Waals surface area (Å²) in [6.07, 6.45) is 1.73. The van der Waals surface area contributed by atoms with E-state index in [1.54, 1.807) is 6.20 Å². The average Bonchev–Trinajstić information content (AvgIpc) is 2.70. The molecule has 6 nitrogen and oxygen atoms in total. The Labute approximate surface area is 170 Å². The average molecular weight is 399 g/mol. The minimum Gasteiger partial charge on any atom is -0.339 e. The van der Waals surface area contributed by atoms with E-state index in [0.717, 1.165) is 21.8 Å². The molecule has 0 atom stereocenters. The first kappa shape index (κ1) is 20.4. The Hall–Kier alpha value is -2.38. The second kappa shape index (κ2) is 9.71. The molecule has 2 aromatic rings. The lowest BCUT2D eigenvalue weighted by Crippen LogP contribution is -2.50. The normalized spacial score (nSPS) is 14.7. The van der Waals surface area contributed by atoms with Gasteiger partial charge in [-0.15, -0.1) is 0 Å². The molecule has 148 valence electrons. The zero-order valence-electron chi connectivity index (χ0n) is 16.4. The number of aryl methyl sites for hydroxylation is 2. The van der Waals surface area contributed by atoms with E-state index in [4.69, 9.17) is 0 Å². The van der Waals surface area contributed by atoms with Crippen LogP contribution in [-0.4, -0.2) is 65.1 Å². The van der Waals surface area contributed by atoms with Gasteiger partial charge in [0.1, 0.15) is 0 Å². The highest BCUT2D eigenvalue weighted by atomic mass is 32.2. The fourth-order valence-electron chi connectivity index (χ4n) is 3.21. The molecule has 2 heterocycles. The van der Waals surface area contributed by atoms with E-state index in [1.807, 2.05) is 55.1 Å². The molecule has 1 aromatic carbocycles. The van der Waals surface area contributed by atoms with Crippen LogP contribution in [0.25, 0.3) is 0 Å². The highest BCUT2D eigenvalue weighted by molar-refractivity contribution is 7.99. The number of nitrogens with zero attached hydrogens (tertiary/aromatic N) is 3. The van der Waals surface area contributed by atoms with Crippen molar-refractivity contribution in [3.63, 3.8) is 0 Å². The molecule has 1 N–H and O–H groups in total. The monoisotopic (exact) mass is 398 g/mol. The van der Waals surface area contributed by atoms with Gasteiger partial charge in [-0.25, -0.2) is 4.98 Å². The molecular formula is C21H26N4O2S. The zero-order chi connectivity index (χ0) is 19.9. The van der Waals surface area contributed by atoms with E-state index >= 15 is 0 Å². The van der Waals surface area contributed by atoms with E-state index in [1.165, 1.54) is 11.8 Å². The molecule has 7 heteroatoms. The summed E-state index contributed by atoms with van der Waals surface area (Å²) < 4.78 is 0. The number of piperazine rings is 1. The van der Waals surface area contributed by atoms with Crippen molar-refractivity contribution < 1.29 is 9.59 Å². The molecule has 1 aliphatic heterocycles. The summed E-state index contributed by atoms with van der Waals surface area (Å²) in [5, 5.41) is 3.89. The van der Waals surface area contributed by atoms with Crippen LogP contribution in [0.3, 0.4) is 0 Å². The molecule has 1 aliphatic rings. The Balaban J connectivity index is 1.42. The minimum atomic E-state index is -0.0112. The highest BCUT2D eigenvalue weighted by Crippen LogP contribution is 2.19. The van der Waals surface area contributed by atoms with E-state index in [0.29, 0.717) is 38.5 Å². The number of nitrogens with one attached hydrogen (secondary N) is 1. The van der Waals surface area contributed by atoms with Crippen LogP contribution in [0.2, 0.25) is 0 Å². The van der Waals surface area contributed by atoms with Gasteiger partial charge in [0.25, 0.3) is 0 Å². The van der Waals surface area contributed by atoms with Gasteiger partial charge in [0, 0.05) is 38.1 Å². The summed E-state index contributed by atoms with van der Waals surface area (Å²) >= 11 is 1.46. The lowest BCUT2D eigenvalue weighted by molar-refractivity contribution is -0.130. The van der Waals surface area contributed by atoms with Gasteiger partial charge in [0.2, 0.25) is 11.8 Å². The summed E-state index contributed by atoms with van der Waals surface area (Å²) in [7, 11) is 0. The summed E-state index contributed by atoms with van der Waals surface area (Å²) in [5.74, 6) is 0.502. The van der Waals surface area contributed by atoms with Crippen LogP contribution in [0.4, 0.5) is 5.69 Å². The van der Waals surface area contributed by atoms with Crippen molar-refractivity contribution in [1.29, 1.82) is 0 Å². The smallest absolute Gasteiger partial charge is 0.238 e. The van der Waals surface area contributed by atoms with E-state index in [-0.39, 0.29) is 11.8 Å². The molecule has 0 saturated carbocycles. The quantitative estimate of drug-likeness (QED) is 0.758. The number of rotatable bonds is 6. The first-order valence-corrected chi connectivity index (χ1v) is 10.4. The number of amides is 2. The third-order valence-electron chi connectivity index (χ3n) is 4.82. The molecule has 0 bridgehead atoms. The largest absolute Gasteiger partial charge is 0.339 e. The van der Waals surface area contributed by atoms with E-state index in [9.17, 15) is 9.59 Å². The number of pyridine rings is 1.